The molecule has 0 radical (unpaired) electrons. The van der Waals surface area contributed by atoms with E-state index in [-0.39, 0.29) is 5.82 Å². The van der Waals surface area contributed by atoms with Crippen molar-refractivity contribution in [2.75, 3.05) is 5.73 Å². The third-order valence-corrected chi connectivity index (χ3v) is 3.26. The number of hydrogen-bond donors (Lipinski definition) is 1. The number of aromatic nitrogens is 2. The fourth-order valence-electron chi connectivity index (χ4n) is 2.20. The van der Waals surface area contributed by atoms with Gasteiger partial charge in [0.1, 0.15) is 11.6 Å². The second-order valence-corrected chi connectivity index (χ2v) is 4.54. The molecule has 0 aliphatic rings. The third kappa shape index (κ3) is 2.29. The number of rotatable bonds is 3. The predicted octanol–water partition coefficient (Wildman–Crippen LogP) is 3.07. The lowest BCUT2D eigenvalue weighted by Crippen LogP contribution is -2.02. The van der Waals surface area contributed by atoms with Crippen LogP contribution < -0.4 is 5.73 Å². The first-order valence-corrected chi connectivity index (χ1v) is 6.34. The Hall–Kier alpha value is -2.95. The predicted molar refractivity (Wildman–Crippen MR) is 78.8 cm³/mol. The van der Waals surface area contributed by atoms with E-state index < -0.39 is 0 Å². The molecular weight excluding hydrogens is 269 g/mol. The molecule has 2 N–H and O–H groups in total. The fourth-order valence-corrected chi connectivity index (χ4v) is 2.20. The number of aldehydes is 1. The number of nitrogens with zero attached hydrogens (tertiary/aromatic N) is 2. The largest absolute Gasteiger partial charge is 0.383 e. The molecule has 0 atom stereocenters. The molecule has 104 valence electrons. The van der Waals surface area contributed by atoms with E-state index in [4.69, 9.17) is 5.73 Å². The third-order valence-electron chi connectivity index (χ3n) is 3.26. The lowest BCUT2D eigenvalue weighted by atomic mass is 10.0. The van der Waals surface area contributed by atoms with E-state index >= 15 is 0 Å². The fraction of sp³-hybridized carbons (Fsp3) is 0. The van der Waals surface area contributed by atoms with Crippen LogP contribution in [0, 0.1) is 5.82 Å². The van der Waals surface area contributed by atoms with Crippen LogP contribution in [0.1, 0.15) is 10.4 Å². The molecule has 1 aromatic heterocycles. The smallest absolute Gasteiger partial charge is 0.150 e. The number of halogens is 1. The van der Waals surface area contributed by atoms with Crippen LogP contribution in [0.3, 0.4) is 0 Å². The zero-order valence-corrected chi connectivity index (χ0v) is 11.0. The first-order valence-electron chi connectivity index (χ1n) is 6.34. The topological polar surface area (TPSA) is 60.9 Å². The molecule has 3 rings (SSSR count). The maximum atomic E-state index is 13.0. The molecule has 0 saturated heterocycles. The molecule has 5 heteroatoms. The summed E-state index contributed by atoms with van der Waals surface area (Å²) in [4.78, 5) is 11.1. The summed E-state index contributed by atoms with van der Waals surface area (Å²) >= 11 is 0. The van der Waals surface area contributed by atoms with E-state index in [1.165, 1.54) is 16.8 Å². The zero-order valence-electron chi connectivity index (χ0n) is 11.0. The van der Waals surface area contributed by atoms with Crippen molar-refractivity contribution in [1.29, 1.82) is 0 Å². The highest BCUT2D eigenvalue weighted by Crippen LogP contribution is 2.29. The van der Waals surface area contributed by atoms with Crippen molar-refractivity contribution in [1.82, 2.24) is 9.78 Å². The first-order chi connectivity index (χ1) is 10.2. The van der Waals surface area contributed by atoms with Crippen LogP contribution in [0.15, 0.2) is 54.7 Å². The Morgan fingerprint density at radius 3 is 2.48 bits per heavy atom. The van der Waals surface area contributed by atoms with Crippen molar-refractivity contribution in [3.05, 3.63) is 66.1 Å². The van der Waals surface area contributed by atoms with Gasteiger partial charge in [-0.15, -0.1) is 0 Å². The molecule has 0 bridgehead atoms. The molecule has 0 aliphatic carbocycles. The molecule has 0 aliphatic heterocycles. The Bertz CT molecular complexity index is 794. The highest BCUT2D eigenvalue weighted by molar-refractivity contribution is 5.90. The summed E-state index contributed by atoms with van der Waals surface area (Å²) in [5, 5.41) is 4.22. The number of carbonyl (C=O) groups excluding carboxylic acids is 1. The van der Waals surface area contributed by atoms with Gasteiger partial charge in [0.05, 0.1) is 11.9 Å². The quantitative estimate of drug-likeness (QED) is 0.750. The van der Waals surface area contributed by atoms with Crippen LogP contribution >= 0.6 is 0 Å². The summed E-state index contributed by atoms with van der Waals surface area (Å²) in [5.74, 6) is 0.0758. The zero-order chi connectivity index (χ0) is 14.8. The van der Waals surface area contributed by atoms with E-state index in [0.717, 1.165) is 11.8 Å². The molecule has 2 aromatic carbocycles. The van der Waals surface area contributed by atoms with Crippen LogP contribution in [-0.4, -0.2) is 16.1 Å². The molecule has 4 nitrogen and oxygen atoms in total. The maximum Gasteiger partial charge on any atom is 0.150 e. The van der Waals surface area contributed by atoms with Crippen molar-refractivity contribution in [3.63, 3.8) is 0 Å². The van der Waals surface area contributed by atoms with Crippen molar-refractivity contribution in [2.24, 2.45) is 0 Å². The summed E-state index contributed by atoms with van der Waals surface area (Å²) in [7, 11) is 0. The first kappa shape index (κ1) is 13.1. The van der Waals surface area contributed by atoms with Gasteiger partial charge in [0.2, 0.25) is 0 Å². The number of nitrogen functional groups attached to an aromatic ring is 1. The van der Waals surface area contributed by atoms with Gasteiger partial charge in [-0.2, -0.15) is 5.10 Å². The van der Waals surface area contributed by atoms with Gasteiger partial charge >= 0.3 is 0 Å². The second kappa shape index (κ2) is 5.20. The van der Waals surface area contributed by atoms with Crippen LogP contribution in [0.4, 0.5) is 10.2 Å². The number of benzene rings is 2. The SMILES string of the molecule is Nc1c(-c2ccccc2C=O)cnn1-c1ccc(F)cc1. The van der Waals surface area contributed by atoms with Crippen molar-refractivity contribution >= 4 is 12.1 Å². The van der Waals surface area contributed by atoms with Crippen LogP contribution in [0.2, 0.25) is 0 Å². The Balaban J connectivity index is 2.11. The van der Waals surface area contributed by atoms with Gasteiger partial charge in [0, 0.05) is 11.1 Å². The van der Waals surface area contributed by atoms with Gasteiger partial charge in [-0.05, 0) is 29.8 Å². The van der Waals surface area contributed by atoms with Crippen molar-refractivity contribution in [2.45, 2.75) is 0 Å². The van der Waals surface area contributed by atoms with Crippen molar-refractivity contribution in [3.8, 4) is 16.8 Å². The van der Waals surface area contributed by atoms with Crippen LogP contribution in [0.25, 0.3) is 16.8 Å². The van der Waals surface area contributed by atoms with Crippen LogP contribution in [0.5, 0.6) is 0 Å². The molecular formula is C16H12FN3O. The van der Waals surface area contributed by atoms with Gasteiger partial charge in [-0.25, -0.2) is 9.07 Å². The van der Waals surface area contributed by atoms with Gasteiger partial charge in [0.25, 0.3) is 0 Å². The van der Waals surface area contributed by atoms with E-state index in [9.17, 15) is 9.18 Å². The van der Waals surface area contributed by atoms with Crippen LogP contribution in [-0.2, 0) is 0 Å². The molecule has 0 unspecified atom stereocenters. The second-order valence-electron chi connectivity index (χ2n) is 4.54. The minimum atomic E-state index is -0.323. The Morgan fingerprint density at radius 2 is 1.76 bits per heavy atom. The average molecular weight is 281 g/mol. The molecule has 0 saturated carbocycles. The van der Waals surface area contributed by atoms with Gasteiger partial charge < -0.3 is 5.73 Å². The van der Waals surface area contributed by atoms with E-state index in [1.54, 1.807) is 30.5 Å². The van der Waals surface area contributed by atoms with E-state index in [0.29, 0.717) is 22.6 Å². The molecule has 21 heavy (non-hydrogen) atoms. The Kier molecular flexibility index (Phi) is 3.23. The minimum Gasteiger partial charge on any atom is -0.383 e. The summed E-state index contributed by atoms with van der Waals surface area (Å²) in [5.41, 5.74) is 8.71. The normalized spacial score (nSPS) is 10.5. The maximum absolute atomic E-state index is 13.0. The molecule has 0 fully saturated rings. The number of nitrogens with two attached hydrogens (primary N) is 1. The molecule has 1 heterocycles. The lowest BCUT2D eigenvalue weighted by Gasteiger charge is -2.06. The van der Waals surface area contributed by atoms with Crippen molar-refractivity contribution < 1.29 is 9.18 Å². The highest BCUT2D eigenvalue weighted by atomic mass is 19.1. The number of anilines is 1. The Morgan fingerprint density at radius 1 is 1.05 bits per heavy atom. The summed E-state index contributed by atoms with van der Waals surface area (Å²) in [6.45, 7) is 0. The molecule has 0 amide bonds. The molecule has 0 spiro atoms. The van der Waals surface area contributed by atoms with E-state index in [2.05, 4.69) is 5.10 Å². The lowest BCUT2D eigenvalue weighted by molar-refractivity contribution is 0.112. The number of carbonyl (C=O) groups is 1. The summed E-state index contributed by atoms with van der Waals surface area (Å²) in [6.07, 6.45) is 2.38. The minimum absolute atomic E-state index is 0.323. The molecule has 3 aromatic rings. The summed E-state index contributed by atoms with van der Waals surface area (Å²) < 4.78 is 14.5. The van der Waals surface area contributed by atoms with E-state index in [1.807, 2.05) is 12.1 Å². The Labute approximate surface area is 120 Å². The average Bonchev–Trinajstić information content (AvgIpc) is 2.89. The van der Waals surface area contributed by atoms with Gasteiger partial charge in [-0.1, -0.05) is 24.3 Å². The van der Waals surface area contributed by atoms with Gasteiger partial charge in [-0.3, -0.25) is 4.79 Å². The summed E-state index contributed by atoms with van der Waals surface area (Å²) in [6, 6.07) is 13.0. The standard InChI is InChI=1S/C16H12FN3O/c17-12-5-7-13(8-6-12)20-16(18)15(9-19-20)14-4-2-1-3-11(14)10-21/h1-10H,18H2. The number of hydrogen-bond acceptors (Lipinski definition) is 3. The highest BCUT2D eigenvalue weighted by Gasteiger charge is 2.13. The monoisotopic (exact) mass is 281 g/mol. The van der Waals surface area contributed by atoms with Gasteiger partial charge in [0.15, 0.2) is 6.29 Å².